The van der Waals surface area contributed by atoms with Crippen molar-refractivity contribution < 1.29 is 22.6 Å². The molecular formula is C16H11NO5S. The molecule has 0 spiro atoms. The fourth-order valence-electron chi connectivity index (χ4n) is 2.41. The lowest BCUT2D eigenvalue weighted by Crippen LogP contribution is -2.36. The minimum atomic E-state index is -4.43. The number of imide groups is 1. The van der Waals surface area contributed by atoms with Gasteiger partial charge in [0.05, 0.1) is 0 Å². The van der Waals surface area contributed by atoms with Gasteiger partial charge in [-0.25, -0.2) is 0 Å². The van der Waals surface area contributed by atoms with Gasteiger partial charge in [-0.15, -0.1) is 0 Å². The van der Waals surface area contributed by atoms with Crippen molar-refractivity contribution in [3.63, 3.8) is 0 Å². The third-order valence-corrected chi connectivity index (χ3v) is 4.36. The maximum Gasteiger partial charge on any atom is 0.295 e. The summed E-state index contributed by atoms with van der Waals surface area (Å²) in [5.41, 5.74) is 1.04. The van der Waals surface area contributed by atoms with Crippen LogP contribution >= 0.6 is 0 Å². The molecule has 0 aliphatic carbocycles. The number of fused-ring (bicyclic) bond motifs is 1. The van der Waals surface area contributed by atoms with Gasteiger partial charge in [0.15, 0.2) is 0 Å². The highest BCUT2D eigenvalue weighted by molar-refractivity contribution is 7.85. The first-order valence-electron chi connectivity index (χ1n) is 6.61. The molecule has 0 bridgehead atoms. The van der Waals surface area contributed by atoms with Gasteiger partial charge in [0.2, 0.25) is 0 Å². The summed E-state index contributed by atoms with van der Waals surface area (Å²) in [6, 6.07) is 12.3. The minimum Gasteiger partial charge on any atom is -0.288 e. The SMILES string of the molecule is O=C1NC(=O)c2ccccc2C1=Cc1ccccc1S(=O)(=O)O. The number of hydrogen-bond acceptors (Lipinski definition) is 4. The smallest absolute Gasteiger partial charge is 0.288 e. The van der Waals surface area contributed by atoms with Crippen molar-refractivity contribution in [3.8, 4) is 0 Å². The fourth-order valence-corrected chi connectivity index (χ4v) is 3.08. The Hall–Kier alpha value is -2.77. The van der Waals surface area contributed by atoms with Crippen LogP contribution in [0.15, 0.2) is 53.4 Å². The molecule has 0 unspecified atom stereocenters. The Morgan fingerprint density at radius 3 is 2.17 bits per heavy atom. The summed E-state index contributed by atoms with van der Waals surface area (Å²) >= 11 is 0. The molecule has 7 heteroatoms. The molecular weight excluding hydrogens is 318 g/mol. The van der Waals surface area contributed by atoms with Crippen LogP contribution < -0.4 is 5.32 Å². The normalized spacial score (nSPS) is 16.1. The van der Waals surface area contributed by atoms with Gasteiger partial charge in [-0.3, -0.25) is 19.5 Å². The van der Waals surface area contributed by atoms with Crippen molar-refractivity contribution in [2.75, 3.05) is 0 Å². The zero-order chi connectivity index (χ0) is 16.6. The highest BCUT2D eigenvalue weighted by Gasteiger charge is 2.27. The average molecular weight is 329 g/mol. The van der Waals surface area contributed by atoms with E-state index in [0.29, 0.717) is 11.1 Å². The molecule has 1 aliphatic rings. The quantitative estimate of drug-likeness (QED) is 0.496. The topological polar surface area (TPSA) is 101 Å². The largest absolute Gasteiger partial charge is 0.295 e. The van der Waals surface area contributed by atoms with E-state index in [1.807, 2.05) is 0 Å². The lowest BCUT2D eigenvalue weighted by molar-refractivity contribution is -0.114. The second kappa shape index (κ2) is 5.45. The molecule has 1 aliphatic heterocycles. The van der Waals surface area contributed by atoms with E-state index in [1.54, 1.807) is 30.3 Å². The molecule has 0 fully saturated rings. The Morgan fingerprint density at radius 1 is 0.870 bits per heavy atom. The van der Waals surface area contributed by atoms with Crippen molar-refractivity contribution >= 4 is 33.6 Å². The maximum absolute atomic E-state index is 12.1. The highest BCUT2D eigenvalue weighted by Crippen LogP contribution is 2.27. The van der Waals surface area contributed by atoms with Gasteiger partial charge in [-0.05, 0) is 29.3 Å². The predicted octanol–water partition coefficient (Wildman–Crippen LogP) is 1.74. The molecule has 0 radical (unpaired) electrons. The van der Waals surface area contributed by atoms with Crippen LogP contribution in [-0.2, 0) is 14.9 Å². The molecule has 116 valence electrons. The third kappa shape index (κ3) is 2.79. The van der Waals surface area contributed by atoms with Crippen LogP contribution in [0, 0.1) is 0 Å². The summed E-state index contributed by atoms with van der Waals surface area (Å²) in [6.07, 6.45) is 1.34. The number of nitrogens with one attached hydrogen (secondary N) is 1. The minimum absolute atomic E-state index is 0.149. The first-order chi connectivity index (χ1) is 10.9. The standard InChI is InChI=1S/C16H11NO5S/c18-15-12-7-3-2-6-11(12)13(16(19)17-15)9-10-5-1-4-8-14(10)23(20,21)22/h1-9H,(H,17,18,19)(H,20,21,22). The monoisotopic (exact) mass is 329 g/mol. The van der Waals surface area contributed by atoms with Crippen molar-refractivity contribution in [2.24, 2.45) is 0 Å². The number of carbonyl (C=O) groups excluding carboxylic acids is 2. The molecule has 0 aromatic heterocycles. The molecule has 2 aromatic rings. The van der Waals surface area contributed by atoms with Crippen molar-refractivity contribution in [1.29, 1.82) is 0 Å². The van der Waals surface area contributed by atoms with Crippen molar-refractivity contribution in [1.82, 2.24) is 5.32 Å². The highest BCUT2D eigenvalue weighted by atomic mass is 32.2. The van der Waals surface area contributed by atoms with E-state index in [4.69, 9.17) is 0 Å². The van der Waals surface area contributed by atoms with Gasteiger partial charge in [0, 0.05) is 11.1 Å². The molecule has 23 heavy (non-hydrogen) atoms. The summed E-state index contributed by atoms with van der Waals surface area (Å²) in [7, 11) is -4.43. The second-order valence-corrected chi connectivity index (χ2v) is 6.29. The Kier molecular flexibility index (Phi) is 3.59. The molecule has 2 N–H and O–H groups in total. The zero-order valence-electron chi connectivity index (χ0n) is 11.7. The average Bonchev–Trinajstić information content (AvgIpc) is 2.51. The molecule has 2 amide bonds. The van der Waals surface area contributed by atoms with Crippen LogP contribution in [0.25, 0.3) is 11.6 Å². The van der Waals surface area contributed by atoms with Crippen LogP contribution in [0.1, 0.15) is 21.5 Å². The fraction of sp³-hybridized carbons (Fsp3) is 0. The molecule has 0 saturated heterocycles. The van der Waals surface area contributed by atoms with Crippen LogP contribution in [0.2, 0.25) is 0 Å². The van der Waals surface area contributed by atoms with E-state index >= 15 is 0 Å². The molecule has 0 saturated carbocycles. The van der Waals surface area contributed by atoms with E-state index in [9.17, 15) is 22.6 Å². The predicted molar refractivity (Wildman–Crippen MR) is 83.0 cm³/mol. The van der Waals surface area contributed by atoms with E-state index in [-0.39, 0.29) is 16.0 Å². The third-order valence-electron chi connectivity index (χ3n) is 3.43. The van der Waals surface area contributed by atoms with Gasteiger partial charge in [0.1, 0.15) is 4.90 Å². The molecule has 6 nitrogen and oxygen atoms in total. The first kappa shape index (κ1) is 15.1. The van der Waals surface area contributed by atoms with Gasteiger partial charge in [-0.2, -0.15) is 8.42 Å². The zero-order valence-corrected chi connectivity index (χ0v) is 12.5. The lowest BCUT2D eigenvalue weighted by atomic mass is 9.93. The van der Waals surface area contributed by atoms with Gasteiger partial charge < -0.3 is 0 Å². The van der Waals surface area contributed by atoms with E-state index in [2.05, 4.69) is 5.32 Å². The van der Waals surface area contributed by atoms with Crippen molar-refractivity contribution in [3.05, 3.63) is 65.2 Å². The Labute approximate surface area is 132 Å². The Balaban J connectivity index is 2.24. The Bertz CT molecular complexity index is 960. The lowest BCUT2D eigenvalue weighted by Gasteiger charge is -2.18. The molecule has 0 atom stereocenters. The Morgan fingerprint density at radius 2 is 1.48 bits per heavy atom. The van der Waals surface area contributed by atoms with Gasteiger partial charge in [0.25, 0.3) is 21.9 Å². The first-order valence-corrected chi connectivity index (χ1v) is 8.05. The summed E-state index contributed by atoms with van der Waals surface area (Å²) in [4.78, 5) is 23.6. The maximum atomic E-state index is 12.1. The number of carbonyl (C=O) groups is 2. The van der Waals surface area contributed by atoms with Crippen molar-refractivity contribution in [2.45, 2.75) is 4.90 Å². The number of hydrogen-bond donors (Lipinski definition) is 2. The van der Waals surface area contributed by atoms with Gasteiger partial charge in [-0.1, -0.05) is 36.4 Å². The number of amides is 2. The molecule has 2 aromatic carbocycles. The summed E-state index contributed by atoms with van der Waals surface area (Å²) in [6.45, 7) is 0. The van der Waals surface area contributed by atoms with Crippen LogP contribution in [0.4, 0.5) is 0 Å². The molecule has 3 rings (SSSR count). The second-order valence-electron chi connectivity index (χ2n) is 4.90. The van der Waals surface area contributed by atoms with Crippen LogP contribution in [0.5, 0.6) is 0 Å². The summed E-state index contributed by atoms with van der Waals surface area (Å²) < 4.78 is 32.2. The number of benzene rings is 2. The van der Waals surface area contributed by atoms with Gasteiger partial charge >= 0.3 is 0 Å². The number of rotatable bonds is 2. The summed E-state index contributed by atoms with van der Waals surface area (Å²) in [5, 5.41) is 2.21. The van der Waals surface area contributed by atoms with E-state index in [1.165, 1.54) is 24.3 Å². The van der Waals surface area contributed by atoms with Crippen LogP contribution in [0.3, 0.4) is 0 Å². The van der Waals surface area contributed by atoms with Crippen LogP contribution in [-0.4, -0.2) is 24.8 Å². The van der Waals surface area contributed by atoms with E-state index < -0.39 is 21.9 Å². The molecule has 1 heterocycles. The van der Waals surface area contributed by atoms with E-state index in [0.717, 1.165) is 0 Å². The summed E-state index contributed by atoms with van der Waals surface area (Å²) in [5.74, 6) is -1.13.